The molecule has 0 N–H and O–H groups in total. The van der Waals surface area contributed by atoms with Crippen LogP contribution in [0.2, 0.25) is 0 Å². The van der Waals surface area contributed by atoms with Crippen molar-refractivity contribution >= 4 is 78.8 Å². The minimum absolute atomic E-state index is 0.0581. The van der Waals surface area contributed by atoms with Crippen LogP contribution in [-0.4, -0.2) is 6.71 Å². The molecule has 0 amide bonds. The van der Waals surface area contributed by atoms with Gasteiger partial charge in [-0.25, -0.2) is 0 Å². The van der Waals surface area contributed by atoms with Gasteiger partial charge in [-0.3, -0.25) is 0 Å². The van der Waals surface area contributed by atoms with E-state index in [1.807, 2.05) is 0 Å². The van der Waals surface area contributed by atoms with Crippen molar-refractivity contribution in [2.24, 2.45) is 0 Å². The number of rotatable bonds is 5. The molecule has 17 rings (SSSR count). The molecule has 1 spiro atoms. The smallest absolute Gasteiger partial charge is 0.252 e. The first-order valence-corrected chi connectivity index (χ1v) is 27.3. The first-order valence-electron chi connectivity index (χ1n) is 27.3. The van der Waals surface area contributed by atoms with Gasteiger partial charge in [0, 0.05) is 44.9 Å². The van der Waals surface area contributed by atoms with E-state index in [2.05, 4.69) is 295 Å². The fraction of sp³-hybridized carbons (Fsp3) is 0.0133. The molecule has 4 aliphatic rings. The highest BCUT2D eigenvalue weighted by atomic mass is 15.2. The van der Waals surface area contributed by atoms with Crippen molar-refractivity contribution in [3.8, 4) is 55.6 Å². The zero-order valence-electron chi connectivity index (χ0n) is 42.6. The van der Waals surface area contributed by atoms with Crippen LogP contribution >= 0.6 is 0 Å². The molecule has 2 aliphatic heterocycles. The predicted octanol–water partition coefficient (Wildman–Crippen LogP) is 17.4. The molecule has 0 fully saturated rings. The molecule has 0 bridgehead atoms. The third-order valence-electron chi connectivity index (χ3n) is 17.6. The average molecular weight is 987 g/mol. The maximum Gasteiger partial charge on any atom is 0.252 e. The largest absolute Gasteiger partial charge is 0.311 e. The summed E-state index contributed by atoms with van der Waals surface area (Å²) in [6, 6.07) is 107. The third-order valence-corrected chi connectivity index (χ3v) is 17.6. The number of fused-ring (bicyclic) bond motifs is 18. The summed E-state index contributed by atoms with van der Waals surface area (Å²) in [6.45, 7) is -0.0581. The van der Waals surface area contributed by atoms with Crippen molar-refractivity contribution in [1.29, 1.82) is 0 Å². The topological polar surface area (TPSA) is 6.48 Å². The Labute approximate surface area is 454 Å². The summed E-state index contributed by atoms with van der Waals surface area (Å²) < 4.78 is 0. The lowest BCUT2D eigenvalue weighted by molar-refractivity contribution is 0.794. The Morgan fingerprint density at radius 1 is 0.269 bits per heavy atom. The molecule has 2 heterocycles. The minimum Gasteiger partial charge on any atom is -0.311 e. The standard InChI is InChI=1S/C75H47BN2/c1-3-17-48(18-4-1)50-31-38-56(39-32-50)77-70-46-55(54-35-42-67-63(45-54)62-27-13-16-30-66(62)75(67)64-28-14-11-25-60(64)61-26-12-15-29-65(61)75)47-71-72(70)76(68-43-36-52-21-7-9-23-58(52)73(68)77)69-44-37-53-22-8-10-24-59(53)74(69)78(71)57-40-33-51(34-41-57)49-19-5-2-6-20-49/h1-47H. The van der Waals surface area contributed by atoms with Crippen molar-refractivity contribution in [3.63, 3.8) is 0 Å². The van der Waals surface area contributed by atoms with Crippen molar-refractivity contribution in [3.05, 3.63) is 307 Å². The third kappa shape index (κ3) is 5.99. The van der Waals surface area contributed by atoms with Crippen LogP contribution in [0.1, 0.15) is 22.3 Å². The zero-order valence-corrected chi connectivity index (χ0v) is 42.6. The van der Waals surface area contributed by atoms with E-state index in [4.69, 9.17) is 0 Å². The van der Waals surface area contributed by atoms with Crippen LogP contribution in [0.4, 0.5) is 34.1 Å². The number of anilines is 6. The minimum atomic E-state index is -0.423. The highest BCUT2D eigenvalue weighted by Gasteiger charge is 2.52. The van der Waals surface area contributed by atoms with E-state index in [9.17, 15) is 0 Å². The Kier molecular flexibility index (Phi) is 9.17. The van der Waals surface area contributed by atoms with Crippen LogP contribution < -0.4 is 26.2 Å². The maximum atomic E-state index is 2.60. The van der Waals surface area contributed by atoms with Crippen molar-refractivity contribution in [2.45, 2.75) is 5.41 Å². The first-order chi connectivity index (χ1) is 38.7. The Morgan fingerprint density at radius 3 is 1.14 bits per heavy atom. The maximum absolute atomic E-state index is 2.60. The summed E-state index contributed by atoms with van der Waals surface area (Å²) in [4.78, 5) is 5.19. The molecule has 0 radical (unpaired) electrons. The van der Waals surface area contributed by atoms with Crippen LogP contribution in [0.3, 0.4) is 0 Å². The average Bonchev–Trinajstić information content (AvgIpc) is 3.85. The molecule has 0 saturated carbocycles. The summed E-state index contributed by atoms with van der Waals surface area (Å²) >= 11 is 0. The molecule has 13 aromatic carbocycles. The predicted molar refractivity (Wildman–Crippen MR) is 328 cm³/mol. The van der Waals surface area contributed by atoms with E-state index in [-0.39, 0.29) is 6.71 Å². The highest BCUT2D eigenvalue weighted by Crippen LogP contribution is 2.63. The van der Waals surface area contributed by atoms with Crippen LogP contribution in [-0.2, 0) is 5.41 Å². The van der Waals surface area contributed by atoms with Crippen LogP contribution in [0.25, 0.3) is 77.2 Å². The first kappa shape index (κ1) is 43.3. The number of nitrogens with zero attached hydrogens (tertiary/aromatic N) is 2. The molecule has 78 heavy (non-hydrogen) atoms. The summed E-state index contributed by atoms with van der Waals surface area (Å²) in [5, 5.41) is 4.91. The molecule has 0 atom stereocenters. The Bertz CT molecular complexity index is 4380. The summed E-state index contributed by atoms with van der Waals surface area (Å²) in [7, 11) is 0. The highest BCUT2D eigenvalue weighted by molar-refractivity contribution is 7.00. The monoisotopic (exact) mass is 986 g/mol. The molecule has 360 valence electrons. The van der Waals surface area contributed by atoms with E-state index < -0.39 is 5.41 Å². The lowest BCUT2D eigenvalue weighted by atomic mass is 9.33. The molecular weight excluding hydrogens is 940 g/mol. The lowest BCUT2D eigenvalue weighted by Gasteiger charge is -2.45. The number of hydrogen-bond donors (Lipinski definition) is 0. The Balaban J connectivity index is 0.963. The number of hydrogen-bond acceptors (Lipinski definition) is 2. The van der Waals surface area contributed by atoms with Gasteiger partial charge in [0.2, 0.25) is 0 Å². The summed E-state index contributed by atoms with van der Waals surface area (Å²) in [5.41, 5.74) is 28.3. The normalized spacial score (nSPS) is 13.7. The van der Waals surface area contributed by atoms with Crippen LogP contribution in [0.15, 0.2) is 285 Å². The lowest BCUT2D eigenvalue weighted by Crippen LogP contribution is -2.61. The van der Waals surface area contributed by atoms with E-state index in [1.54, 1.807) is 0 Å². The van der Waals surface area contributed by atoms with Crippen molar-refractivity contribution in [1.82, 2.24) is 0 Å². The van der Waals surface area contributed by atoms with Gasteiger partial charge < -0.3 is 9.80 Å². The Hall–Kier alpha value is -9.96. The van der Waals surface area contributed by atoms with Gasteiger partial charge in [-0.1, -0.05) is 243 Å². The van der Waals surface area contributed by atoms with Gasteiger partial charge in [0.1, 0.15) is 0 Å². The molecule has 0 unspecified atom stereocenters. The van der Waals surface area contributed by atoms with Crippen LogP contribution in [0.5, 0.6) is 0 Å². The fourth-order valence-corrected chi connectivity index (χ4v) is 14.4. The van der Waals surface area contributed by atoms with Gasteiger partial charge in [0.15, 0.2) is 0 Å². The van der Waals surface area contributed by atoms with Gasteiger partial charge in [-0.2, -0.15) is 0 Å². The fourth-order valence-electron chi connectivity index (χ4n) is 14.4. The van der Waals surface area contributed by atoms with Gasteiger partial charge in [0.05, 0.1) is 5.41 Å². The van der Waals surface area contributed by atoms with E-state index >= 15 is 0 Å². The molecule has 13 aromatic rings. The molecular formula is C75H47BN2. The van der Waals surface area contributed by atoms with Crippen molar-refractivity contribution < 1.29 is 0 Å². The molecule has 2 aliphatic carbocycles. The summed E-state index contributed by atoms with van der Waals surface area (Å²) in [5.74, 6) is 0. The second-order valence-electron chi connectivity index (χ2n) is 21.5. The van der Waals surface area contributed by atoms with E-state index in [0.29, 0.717) is 0 Å². The second kappa shape index (κ2) is 16.5. The van der Waals surface area contributed by atoms with Crippen molar-refractivity contribution in [2.75, 3.05) is 9.80 Å². The van der Waals surface area contributed by atoms with Gasteiger partial charge >= 0.3 is 0 Å². The Morgan fingerprint density at radius 2 is 0.654 bits per heavy atom. The SMILES string of the molecule is c1ccc(-c2ccc(N3c4cc(-c5ccc6c(c5)-c5ccccc5C65c6ccccc6-c6ccccc65)cc5c4B(c4ccc6ccccc6c43)c3ccc4ccccc4c3N5c3ccc(-c4ccccc4)cc3)cc2)cc1. The second-order valence-corrected chi connectivity index (χ2v) is 21.5. The molecule has 2 nitrogen and oxygen atoms in total. The molecule has 3 heteroatoms. The van der Waals surface area contributed by atoms with E-state index in [0.717, 1.165) is 11.4 Å². The summed E-state index contributed by atoms with van der Waals surface area (Å²) in [6.07, 6.45) is 0. The quantitative estimate of drug-likeness (QED) is 0.159. The molecule has 0 aromatic heterocycles. The zero-order chi connectivity index (χ0) is 51.1. The van der Waals surface area contributed by atoms with Gasteiger partial charge in [0.25, 0.3) is 6.71 Å². The van der Waals surface area contributed by atoms with Crippen LogP contribution in [0, 0.1) is 0 Å². The molecule has 0 saturated heterocycles. The van der Waals surface area contributed by atoms with Gasteiger partial charge in [-0.05, 0) is 148 Å². The van der Waals surface area contributed by atoms with E-state index in [1.165, 1.54) is 139 Å². The number of benzene rings is 13. The van der Waals surface area contributed by atoms with Gasteiger partial charge in [-0.15, -0.1) is 0 Å².